The molecule has 6 heteroatoms. The Labute approximate surface area is 79.8 Å². The van der Waals surface area contributed by atoms with Crippen LogP contribution in [0.5, 0.6) is 0 Å². The minimum Gasteiger partial charge on any atom is -0.301 e. The first kappa shape index (κ1) is 11.1. The molecule has 0 aromatic heterocycles. The Morgan fingerprint density at radius 3 is 2.00 bits per heavy atom. The molecule has 0 bridgehead atoms. The Balaban J connectivity index is 3.99. The van der Waals surface area contributed by atoms with Gasteiger partial charge >= 0.3 is 6.09 Å². The molecule has 0 saturated heterocycles. The van der Waals surface area contributed by atoms with Crippen LogP contribution in [0.25, 0.3) is 0 Å². The molecule has 0 spiro atoms. The summed E-state index contributed by atoms with van der Waals surface area (Å²) in [5.74, 6) is 0. The van der Waals surface area contributed by atoms with Gasteiger partial charge in [0.2, 0.25) is 3.79 Å². The molecule has 1 amide bonds. The Morgan fingerprint density at radius 1 is 1.45 bits per heavy atom. The zero-order chi connectivity index (χ0) is 9.07. The van der Waals surface area contributed by atoms with Crippen molar-refractivity contribution in [3.8, 4) is 0 Å². The van der Waals surface area contributed by atoms with Gasteiger partial charge in [-0.05, 0) is 6.92 Å². The lowest BCUT2D eigenvalue weighted by Gasteiger charge is -2.20. The van der Waals surface area contributed by atoms with Gasteiger partial charge in [0.05, 0.1) is 6.54 Å². The number of hydrogen-bond acceptors (Lipinski definition) is 1. The summed E-state index contributed by atoms with van der Waals surface area (Å²) in [7, 11) is 0. The van der Waals surface area contributed by atoms with Crippen molar-refractivity contribution in [1.29, 1.82) is 0 Å². The standard InChI is InChI=1S/C5H7Cl3NO2/c1-2-9(4(10)11)3-5(6,7)8/h2-3H2,1H3. The zero-order valence-corrected chi connectivity index (χ0v) is 8.08. The van der Waals surface area contributed by atoms with E-state index in [-0.39, 0.29) is 13.1 Å². The molecule has 0 saturated carbocycles. The summed E-state index contributed by atoms with van der Waals surface area (Å²) in [6.07, 6.45) is -1.33. The van der Waals surface area contributed by atoms with Gasteiger partial charge in [-0.25, -0.2) is 9.90 Å². The van der Waals surface area contributed by atoms with Crippen molar-refractivity contribution < 1.29 is 9.90 Å². The van der Waals surface area contributed by atoms with Crippen LogP contribution < -0.4 is 0 Å². The third kappa shape index (κ3) is 5.41. The van der Waals surface area contributed by atoms with E-state index < -0.39 is 9.89 Å². The van der Waals surface area contributed by atoms with E-state index in [0.717, 1.165) is 4.90 Å². The first-order valence-corrected chi connectivity index (χ1v) is 4.03. The van der Waals surface area contributed by atoms with Gasteiger partial charge in [-0.1, -0.05) is 34.8 Å². The third-order valence-electron chi connectivity index (χ3n) is 1.01. The van der Waals surface area contributed by atoms with Crippen molar-refractivity contribution in [2.75, 3.05) is 13.1 Å². The number of halogens is 3. The fraction of sp³-hybridized carbons (Fsp3) is 0.800. The Morgan fingerprint density at radius 2 is 1.91 bits per heavy atom. The van der Waals surface area contributed by atoms with Crippen LogP contribution in [0.4, 0.5) is 4.79 Å². The van der Waals surface area contributed by atoms with Gasteiger partial charge in [0, 0.05) is 6.54 Å². The molecule has 11 heavy (non-hydrogen) atoms. The molecule has 0 heterocycles. The topological polar surface area (TPSA) is 40.2 Å². The number of nitrogens with zero attached hydrogens (tertiary/aromatic N) is 1. The predicted molar refractivity (Wildman–Crippen MR) is 43.6 cm³/mol. The number of carbonyl (C=O) groups is 1. The highest BCUT2D eigenvalue weighted by molar-refractivity contribution is 6.67. The molecule has 3 nitrogen and oxygen atoms in total. The minimum absolute atomic E-state index is 0.170. The summed E-state index contributed by atoms with van der Waals surface area (Å²) >= 11 is 16.0. The van der Waals surface area contributed by atoms with E-state index in [1.807, 2.05) is 0 Å². The summed E-state index contributed by atoms with van der Waals surface area (Å²) in [6, 6.07) is 0. The number of alkyl halides is 3. The third-order valence-corrected chi connectivity index (χ3v) is 1.37. The first-order valence-electron chi connectivity index (χ1n) is 2.89. The van der Waals surface area contributed by atoms with Crippen LogP contribution in [0.3, 0.4) is 0 Å². The van der Waals surface area contributed by atoms with E-state index >= 15 is 0 Å². The highest BCUT2D eigenvalue weighted by Gasteiger charge is 2.26. The minimum atomic E-state index is -1.57. The monoisotopic (exact) mass is 218 g/mol. The van der Waals surface area contributed by atoms with Crippen molar-refractivity contribution in [3.05, 3.63) is 0 Å². The molecule has 0 aromatic rings. The zero-order valence-electron chi connectivity index (χ0n) is 5.81. The quantitative estimate of drug-likeness (QED) is 0.657. The molecule has 0 aromatic carbocycles. The summed E-state index contributed by atoms with van der Waals surface area (Å²) in [6.45, 7) is 1.71. The van der Waals surface area contributed by atoms with Gasteiger partial charge < -0.3 is 4.90 Å². The van der Waals surface area contributed by atoms with Crippen LogP contribution >= 0.6 is 34.8 Å². The highest BCUT2D eigenvalue weighted by atomic mass is 35.6. The van der Waals surface area contributed by atoms with Crippen LogP contribution in [0.1, 0.15) is 6.92 Å². The van der Waals surface area contributed by atoms with Gasteiger partial charge in [-0.3, -0.25) is 0 Å². The lowest BCUT2D eigenvalue weighted by molar-refractivity contribution is 0.123. The molecule has 0 unspecified atom stereocenters. The second kappa shape index (κ2) is 4.24. The SMILES string of the molecule is CCN(CC(Cl)(Cl)Cl)C([O])=O. The summed E-state index contributed by atoms with van der Waals surface area (Å²) in [5.41, 5.74) is 0. The van der Waals surface area contributed by atoms with E-state index in [0.29, 0.717) is 0 Å². The van der Waals surface area contributed by atoms with E-state index in [9.17, 15) is 9.90 Å². The lowest BCUT2D eigenvalue weighted by Crippen LogP contribution is -2.35. The predicted octanol–water partition coefficient (Wildman–Crippen LogP) is 2.23. The van der Waals surface area contributed by atoms with Crippen LogP contribution in [0, 0.1) is 0 Å². The average Bonchev–Trinajstić information content (AvgIpc) is 1.80. The molecule has 0 rings (SSSR count). The molecule has 0 aliphatic rings. The smallest absolute Gasteiger partial charge is 0.301 e. The van der Waals surface area contributed by atoms with Crippen LogP contribution in [-0.4, -0.2) is 27.9 Å². The second-order valence-corrected chi connectivity index (χ2v) is 4.41. The molecule has 65 valence electrons. The summed E-state index contributed by atoms with van der Waals surface area (Å²) < 4.78 is -1.57. The number of amides is 1. The Kier molecular flexibility index (Phi) is 4.29. The largest absolute Gasteiger partial charge is 0.453 e. The van der Waals surface area contributed by atoms with Gasteiger partial charge in [-0.15, -0.1) is 0 Å². The normalized spacial score (nSPS) is 11.3. The number of rotatable bonds is 2. The number of carbonyl (C=O) groups excluding carboxylic acids is 1. The molecular formula is C5H7Cl3NO2. The van der Waals surface area contributed by atoms with Crippen molar-refractivity contribution >= 4 is 40.9 Å². The van der Waals surface area contributed by atoms with E-state index in [2.05, 4.69) is 0 Å². The Bertz CT molecular complexity index is 145. The molecule has 1 radical (unpaired) electrons. The number of hydrogen-bond donors (Lipinski definition) is 0. The van der Waals surface area contributed by atoms with Gasteiger partial charge in [0.15, 0.2) is 0 Å². The molecule has 0 N–H and O–H groups in total. The fourth-order valence-electron chi connectivity index (χ4n) is 0.522. The van der Waals surface area contributed by atoms with Crippen LogP contribution in [-0.2, 0) is 5.11 Å². The van der Waals surface area contributed by atoms with Gasteiger partial charge in [0.1, 0.15) is 0 Å². The van der Waals surface area contributed by atoms with Crippen molar-refractivity contribution in [1.82, 2.24) is 4.90 Å². The van der Waals surface area contributed by atoms with Crippen molar-refractivity contribution in [2.24, 2.45) is 0 Å². The first-order chi connectivity index (χ1) is 4.87. The summed E-state index contributed by atoms with van der Waals surface area (Å²) in [4.78, 5) is 11.2. The molecule has 0 aliphatic heterocycles. The molecule has 0 fully saturated rings. The van der Waals surface area contributed by atoms with Gasteiger partial charge in [-0.2, -0.15) is 0 Å². The lowest BCUT2D eigenvalue weighted by atomic mass is 10.5. The molecule has 0 atom stereocenters. The van der Waals surface area contributed by atoms with E-state index in [4.69, 9.17) is 34.8 Å². The fourth-order valence-corrected chi connectivity index (χ4v) is 0.955. The van der Waals surface area contributed by atoms with Crippen molar-refractivity contribution in [3.63, 3.8) is 0 Å². The Hall–Kier alpha value is 0.140. The maximum atomic E-state index is 10.2. The molecule has 0 aliphatic carbocycles. The van der Waals surface area contributed by atoms with E-state index in [1.54, 1.807) is 6.92 Å². The molecular weight excluding hydrogens is 212 g/mol. The van der Waals surface area contributed by atoms with Crippen LogP contribution in [0.2, 0.25) is 0 Å². The average molecular weight is 219 g/mol. The summed E-state index contributed by atoms with van der Waals surface area (Å²) in [5, 5.41) is 10.2. The second-order valence-electron chi connectivity index (χ2n) is 1.90. The van der Waals surface area contributed by atoms with Crippen molar-refractivity contribution in [2.45, 2.75) is 10.7 Å². The van der Waals surface area contributed by atoms with Gasteiger partial charge in [0.25, 0.3) is 0 Å². The van der Waals surface area contributed by atoms with E-state index in [1.165, 1.54) is 0 Å². The van der Waals surface area contributed by atoms with Crippen LogP contribution in [0.15, 0.2) is 0 Å². The highest BCUT2D eigenvalue weighted by Crippen LogP contribution is 2.26. The maximum absolute atomic E-state index is 10.2. The maximum Gasteiger partial charge on any atom is 0.453 e.